The molecule has 1 aromatic carbocycles. The Morgan fingerprint density at radius 3 is 2.28 bits per heavy atom. The zero-order valence-electron chi connectivity index (χ0n) is 11.4. The summed E-state index contributed by atoms with van der Waals surface area (Å²) in [5.74, 6) is 0. The summed E-state index contributed by atoms with van der Waals surface area (Å²) in [7, 11) is 0. The summed E-state index contributed by atoms with van der Waals surface area (Å²) in [6, 6.07) is 8.20. The summed E-state index contributed by atoms with van der Waals surface area (Å²) in [5, 5.41) is 11.1. The van der Waals surface area contributed by atoms with E-state index < -0.39 is 5.60 Å². The van der Waals surface area contributed by atoms with Gasteiger partial charge in [-0.3, -0.25) is 0 Å². The molecule has 1 fully saturated rings. The van der Waals surface area contributed by atoms with Gasteiger partial charge in [-0.2, -0.15) is 0 Å². The van der Waals surface area contributed by atoms with Gasteiger partial charge in [0.25, 0.3) is 0 Å². The summed E-state index contributed by atoms with van der Waals surface area (Å²) in [6.45, 7) is 4.30. The van der Waals surface area contributed by atoms with Crippen LogP contribution >= 0.6 is 11.6 Å². The Morgan fingerprint density at radius 2 is 1.78 bits per heavy atom. The van der Waals surface area contributed by atoms with Crippen molar-refractivity contribution < 1.29 is 5.11 Å². The lowest BCUT2D eigenvalue weighted by Gasteiger charge is -2.54. The number of halogens is 1. The average molecular weight is 267 g/mol. The van der Waals surface area contributed by atoms with Crippen LogP contribution in [0.2, 0.25) is 5.02 Å². The summed E-state index contributed by atoms with van der Waals surface area (Å²) < 4.78 is 0. The molecule has 0 amide bonds. The zero-order chi connectivity index (χ0) is 13.2. The van der Waals surface area contributed by atoms with Gasteiger partial charge in [-0.1, -0.05) is 50.4 Å². The molecule has 1 saturated carbocycles. The van der Waals surface area contributed by atoms with Crippen LogP contribution < -0.4 is 0 Å². The molecule has 0 saturated heterocycles. The molecule has 0 radical (unpaired) electrons. The maximum atomic E-state index is 10.3. The van der Waals surface area contributed by atoms with Crippen molar-refractivity contribution in [2.24, 2.45) is 0 Å². The van der Waals surface area contributed by atoms with Gasteiger partial charge < -0.3 is 5.11 Å². The van der Waals surface area contributed by atoms with Gasteiger partial charge in [0.05, 0.1) is 5.60 Å². The highest BCUT2D eigenvalue weighted by Gasteiger charge is 2.52. The Balaban J connectivity index is 2.19. The summed E-state index contributed by atoms with van der Waals surface area (Å²) in [6.07, 6.45) is 6.26. The van der Waals surface area contributed by atoms with E-state index in [1.165, 1.54) is 24.8 Å². The van der Waals surface area contributed by atoms with Gasteiger partial charge in [-0.05, 0) is 43.4 Å². The Morgan fingerprint density at radius 1 is 1.17 bits per heavy atom. The number of aliphatic hydroxyl groups is 1. The minimum absolute atomic E-state index is 0.186. The van der Waals surface area contributed by atoms with Gasteiger partial charge in [0, 0.05) is 10.4 Å². The number of hydrogen-bond acceptors (Lipinski definition) is 1. The normalized spacial score (nSPS) is 31.1. The Hall–Kier alpha value is -0.530. The SMILES string of the molecule is CCCCC1(c2ccc(Cl)cc2)CC(O)(CC)C1. The molecule has 0 unspecified atom stereocenters. The molecule has 1 aliphatic carbocycles. The van der Waals surface area contributed by atoms with Gasteiger partial charge >= 0.3 is 0 Å². The van der Waals surface area contributed by atoms with Crippen LogP contribution in [0.15, 0.2) is 24.3 Å². The Kier molecular flexibility index (Phi) is 4.03. The molecule has 1 aliphatic rings. The lowest BCUT2D eigenvalue weighted by molar-refractivity contribution is -0.0969. The molecular formula is C16H23ClO. The second-order valence-electron chi connectivity index (χ2n) is 5.82. The molecular weight excluding hydrogens is 244 g/mol. The molecule has 1 N–H and O–H groups in total. The van der Waals surface area contributed by atoms with E-state index in [4.69, 9.17) is 11.6 Å². The van der Waals surface area contributed by atoms with E-state index in [-0.39, 0.29) is 5.41 Å². The first kappa shape index (κ1) is 13.9. The van der Waals surface area contributed by atoms with Crippen LogP contribution in [0.25, 0.3) is 0 Å². The quantitative estimate of drug-likeness (QED) is 0.819. The summed E-state index contributed by atoms with van der Waals surface area (Å²) in [5.41, 5.74) is 1.09. The molecule has 0 heterocycles. The van der Waals surface area contributed by atoms with Gasteiger partial charge in [0.15, 0.2) is 0 Å². The second kappa shape index (κ2) is 5.22. The minimum atomic E-state index is -0.437. The smallest absolute Gasteiger partial charge is 0.0662 e. The first-order valence-corrected chi connectivity index (χ1v) is 7.40. The van der Waals surface area contributed by atoms with Crippen LogP contribution in [0.4, 0.5) is 0 Å². The van der Waals surface area contributed by atoms with Crippen LogP contribution in [0, 0.1) is 0 Å². The lowest BCUT2D eigenvalue weighted by Crippen LogP contribution is -2.54. The third-order valence-electron chi connectivity index (χ3n) is 4.46. The van der Waals surface area contributed by atoms with Gasteiger partial charge in [-0.15, -0.1) is 0 Å². The number of unbranched alkanes of at least 4 members (excludes halogenated alkanes) is 1. The van der Waals surface area contributed by atoms with Crippen molar-refractivity contribution in [3.63, 3.8) is 0 Å². The van der Waals surface area contributed by atoms with E-state index in [9.17, 15) is 5.11 Å². The monoisotopic (exact) mass is 266 g/mol. The topological polar surface area (TPSA) is 20.2 Å². The average Bonchev–Trinajstić information content (AvgIpc) is 2.34. The largest absolute Gasteiger partial charge is 0.390 e. The Bertz CT molecular complexity index is 390. The molecule has 18 heavy (non-hydrogen) atoms. The van der Waals surface area contributed by atoms with Crippen molar-refractivity contribution >= 4 is 11.6 Å². The molecule has 1 nitrogen and oxygen atoms in total. The Labute approximate surface area is 115 Å². The molecule has 0 atom stereocenters. The van der Waals surface area contributed by atoms with Crippen molar-refractivity contribution in [3.8, 4) is 0 Å². The number of hydrogen-bond donors (Lipinski definition) is 1. The van der Waals surface area contributed by atoms with Crippen LogP contribution in [0.5, 0.6) is 0 Å². The first-order chi connectivity index (χ1) is 8.53. The van der Waals surface area contributed by atoms with Crippen LogP contribution in [-0.4, -0.2) is 10.7 Å². The van der Waals surface area contributed by atoms with Gasteiger partial charge in [0.2, 0.25) is 0 Å². The predicted octanol–water partition coefficient (Wildman–Crippen LogP) is 4.70. The molecule has 1 aromatic rings. The maximum absolute atomic E-state index is 10.3. The zero-order valence-corrected chi connectivity index (χ0v) is 12.1. The van der Waals surface area contributed by atoms with E-state index >= 15 is 0 Å². The van der Waals surface area contributed by atoms with E-state index in [2.05, 4.69) is 26.0 Å². The van der Waals surface area contributed by atoms with E-state index in [0.29, 0.717) is 0 Å². The molecule has 2 heteroatoms. The minimum Gasteiger partial charge on any atom is -0.390 e. The lowest BCUT2D eigenvalue weighted by atomic mass is 9.53. The standard InChI is InChI=1S/C16H23ClO/c1-3-5-10-15(11-16(18,4-2)12-15)13-6-8-14(17)9-7-13/h6-9,18H,3-5,10-12H2,1-2H3. The molecule has 2 rings (SSSR count). The van der Waals surface area contributed by atoms with Crippen molar-refractivity contribution in [2.45, 2.75) is 63.4 Å². The summed E-state index contributed by atoms with van der Waals surface area (Å²) >= 11 is 5.96. The number of benzene rings is 1. The van der Waals surface area contributed by atoms with E-state index in [0.717, 1.165) is 24.3 Å². The number of rotatable bonds is 5. The highest BCUT2D eigenvalue weighted by Crippen LogP contribution is 2.54. The van der Waals surface area contributed by atoms with Crippen molar-refractivity contribution in [1.82, 2.24) is 0 Å². The van der Waals surface area contributed by atoms with Crippen molar-refractivity contribution in [1.29, 1.82) is 0 Å². The highest BCUT2D eigenvalue weighted by atomic mass is 35.5. The maximum Gasteiger partial charge on any atom is 0.0662 e. The third-order valence-corrected chi connectivity index (χ3v) is 4.71. The molecule has 0 aromatic heterocycles. The van der Waals surface area contributed by atoms with Gasteiger partial charge in [0.1, 0.15) is 0 Å². The molecule has 0 aliphatic heterocycles. The predicted molar refractivity (Wildman–Crippen MR) is 77.1 cm³/mol. The fourth-order valence-electron chi connectivity index (χ4n) is 3.30. The molecule has 0 bridgehead atoms. The first-order valence-electron chi connectivity index (χ1n) is 7.02. The summed E-state index contributed by atoms with van der Waals surface area (Å²) in [4.78, 5) is 0. The second-order valence-corrected chi connectivity index (χ2v) is 6.26. The fraction of sp³-hybridized carbons (Fsp3) is 0.625. The van der Waals surface area contributed by atoms with Crippen LogP contribution in [0.1, 0.15) is 57.9 Å². The van der Waals surface area contributed by atoms with Crippen LogP contribution in [-0.2, 0) is 5.41 Å². The molecule has 100 valence electrons. The molecule has 0 spiro atoms. The van der Waals surface area contributed by atoms with E-state index in [1.807, 2.05) is 12.1 Å². The third kappa shape index (κ3) is 2.57. The fourth-order valence-corrected chi connectivity index (χ4v) is 3.43. The van der Waals surface area contributed by atoms with Gasteiger partial charge in [-0.25, -0.2) is 0 Å². The van der Waals surface area contributed by atoms with Crippen LogP contribution in [0.3, 0.4) is 0 Å². The van der Waals surface area contributed by atoms with Crippen molar-refractivity contribution in [2.75, 3.05) is 0 Å². The highest BCUT2D eigenvalue weighted by molar-refractivity contribution is 6.30. The van der Waals surface area contributed by atoms with Crippen molar-refractivity contribution in [3.05, 3.63) is 34.9 Å². The van der Waals surface area contributed by atoms with E-state index in [1.54, 1.807) is 0 Å².